The molecular weight excluding hydrogens is 266 g/mol. The number of piperidine rings is 1. The molecule has 0 radical (unpaired) electrons. The van der Waals surface area contributed by atoms with Crippen LogP contribution in [0.15, 0.2) is 30.3 Å². The van der Waals surface area contributed by atoms with E-state index in [1.807, 2.05) is 30.3 Å². The third-order valence-corrected chi connectivity index (χ3v) is 2.88. The maximum atomic E-state index is 10.2. The van der Waals surface area contributed by atoms with Crippen LogP contribution in [0.3, 0.4) is 0 Å². The molecular formula is C14H18ClNO3. The maximum absolute atomic E-state index is 10.2. The lowest BCUT2D eigenvalue weighted by atomic mass is 10.0. The van der Waals surface area contributed by atoms with Gasteiger partial charge < -0.3 is 14.8 Å². The topological polar surface area (TPSA) is 55.4 Å². The average molecular weight is 284 g/mol. The SMILES string of the molecule is O=C(Cl)OCc1ccccc1.O=CC1CCNCC1. The molecule has 2 rings (SSSR count). The maximum Gasteiger partial charge on any atom is 0.404 e. The minimum absolute atomic E-state index is 0.239. The van der Waals surface area contributed by atoms with E-state index >= 15 is 0 Å². The zero-order valence-corrected chi connectivity index (χ0v) is 11.4. The predicted octanol–water partition coefficient (Wildman–Crippen LogP) is 2.75. The second kappa shape index (κ2) is 9.53. The minimum atomic E-state index is -0.770. The van der Waals surface area contributed by atoms with Gasteiger partial charge in [-0.3, -0.25) is 0 Å². The van der Waals surface area contributed by atoms with E-state index in [-0.39, 0.29) is 6.61 Å². The molecule has 1 aromatic rings. The number of nitrogens with one attached hydrogen (secondary N) is 1. The molecule has 0 aliphatic carbocycles. The number of carbonyl (C=O) groups excluding carboxylic acids is 2. The van der Waals surface area contributed by atoms with Crippen LogP contribution < -0.4 is 5.32 Å². The molecule has 1 saturated heterocycles. The zero-order valence-electron chi connectivity index (χ0n) is 10.7. The van der Waals surface area contributed by atoms with Gasteiger partial charge in [0.15, 0.2) is 0 Å². The third kappa shape index (κ3) is 7.59. The molecule has 1 N–H and O–H groups in total. The summed E-state index contributed by atoms with van der Waals surface area (Å²) in [5, 5.41) is 3.19. The van der Waals surface area contributed by atoms with Gasteiger partial charge in [0.05, 0.1) is 0 Å². The molecule has 104 valence electrons. The van der Waals surface area contributed by atoms with E-state index in [0.717, 1.165) is 37.8 Å². The van der Waals surface area contributed by atoms with Gasteiger partial charge in [0.25, 0.3) is 0 Å². The Labute approximate surface area is 118 Å². The lowest BCUT2D eigenvalue weighted by molar-refractivity contribution is -0.111. The highest BCUT2D eigenvalue weighted by atomic mass is 35.5. The molecule has 19 heavy (non-hydrogen) atoms. The van der Waals surface area contributed by atoms with Crippen LogP contribution in [0.25, 0.3) is 0 Å². The Morgan fingerprint density at radius 1 is 1.32 bits per heavy atom. The van der Waals surface area contributed by atoms with Crippen molar-refractivity contribution in [3.8, 4) is 0 Å². The van der Waals surface area contributed by atoms with E-state index in [2.05, 4.69) is 10.1 Å². The Balaban J connectivity index is 0.000000200. The molecule has 0 amide bonds. The van der Waals surface area contributed by atoms with Gasteiger partial charge in [-0.2, -0.15) is 0 Å². The van der Waals surface area contributed by atoms with E-state index in [4.69, 9.17) is 11.6 Å². The normalized spacial score (nSPS) is 15.0. The largest absolute Gasteiger partial charge is 0.449 e. The average Bonchev–Trinajstić information content (AvgIpc) is 2.48. The molecule has 5 heteroatoms. The van der Waals surface area contributed by atoms with Crippen LogP contribution >= 0.6 is 11.6 Å². The van der Waals surface area contributed by atoms with E-state index in [1.54, 1.807) is 0 Å². The van der Waals surface area contributed by atoms with E-state index in [1.165, 1.54) is 0 Å². The van der Waals surface area contributed by atoms with Crippen LogP contribution in [0.1, 0.15) is 18.4 Å². The highest BCUT2D eigenvalue weighted by molar-refractivity contribution is 6.61. The fourth-order valence-corrected chi connectivity index (χ4v) is 1.75. The minimum Gasteiger partial charge on any atom is -0.449 e. The molecule has 1 heterocycles. The smallest absolute Gasteiger partial charge is 0.404 e. The highest BCUT2D eigenvalue weighted by Gasteiger charge is 2.09. The first kappa shape index (κ1) is 15.7. The summed E-state index contributed by atoms with van der Waals surface area (Å²) in [6.07, 6.45) is 3.13. The van der Waals surface area contributed by atoms with Crippen molar-refractivity contribution in [1.29, 1.82) is 0 Å². The van der Waals surface area contributed by atoms with Crippen LogP contribution in [-0.4, -0.2) is 24.8 Å². The van der Waals surface area contributed by atoms with Crippen molar-refractivity contribution in [3.05, 3.63) is 35.9 Å². The van der Waals surface area contributed by atoms with Crippen LogP contribution in [0.2, 0.25) is 0 Å². The molecule has 0 unspecified atom stereocenters. The molecule has 0 aromatic heterocycles. The number of hydrogen-bond acceptors (Lipinski definition) is 4. The summed E-state index contributed by atoms with van der Waals surface area (Å²) in [5.41, 5.74) is 0.162. The first-order chi connectivity index (χ1) is 9.22. The molecule has 4 nitrogen and oxygen atoms in total. The first-order valence-corrected chi connectivity index (χ1v) is 6.62. The first-order valence-electron chi connectivity index (χ1n) is 6.24. The Morgan fingerprint density at radius 2 is 1.95 bits per heavy atom. The summed E-state index contributed by atoms with van der Waals surface area (Å²) in [4.78, 5) is 20.3. The van der Waals surface area contributed by atoms with Gasteiger partial charge in [-0.15, -0.1) is 0 Å². The van der Waals surface area contributed by atoms with Crippen molar-refractivity contribution >= 4 is 23.3 Å². The summed E-state index contributed by atoms with van der Waals surface area (Å²) in [7, 11) is 0. The fourth-order valence-electron chi connectivity index (χ4n) is 1.69. The summed E-state index contributed by atoms with van der Waals surface area (Å²) >= 11 is 4.97. The molecule has 0 saturated carbocycles. The van der Waals surface area contributed by atoms with Crippen LogP contribution in [-0.2, 0) is 16.1 Å². The van der Waals surface area contributed by atoms with Gasteiger partial charge in [0, 0.05) is 17.5 Å². The van der Waals surface area contributed by atoms with Crippen LogP contribution in [0.5, 0.6) is 0 Å². The highest BCUT2D eigenvalue weighted by Crippen LogP contribution is 2.06. The molecule has 1 aliphatic rings. The lowest BCUT2D eigenvalue weighted by Gasteiger charge is -2.16. The van der Waals surface area contributed by atoms with Crippen molar-refractivity contribution in [1.82, 2.24) is 5.32 Å². The van der Waals surface area contributed by atoms with Crippen molar-refractivity contribution in [2.24, 2.45) is 5.92 Å². The van der Waals surface area contributed by atoms with E-state index in [9.17, 15) is 9.59 Å². The molecule has 0 atom stereocenters. The quantitative estimate of drug-likeness (QED) is 0.684. The predicted molar refractivity (Wildman–Crippen MR) is 74.1 cm³/mol. The number of benzene rings is 1. The second-order valence-corrected chi connectivity index (χ2v) is 4.54. The van der Waals surface area contributed by atoms with Gasteiger partial charge in [-0.05, 0) is 31.5 Å². The number of rotatable bonds is 3. The zero-order chi connectivity index (χ0) is 13.9. The summed E-state index contributed by atoms with van der Waals surface area (Å²) in [5.74, 6) is 0.344. The monoisotopic (exact) mass is 283 g/mol. The van der Waals surface area contributed by atoms with Gasteiger partial charge in [-0.1, -0.05) is 30.3 Å². The standard InChI is InChI=1S/C8H7ClO2.C6H11NO/c9-8(10)11-6-7-4-2-1-3-5-7;8-5-6-1-3-7-4-2-6/h1-5H,6H2;5-7H,1-4H2. The summed E-state index contributed by atoms with van der Waals surface area (Å²) in [6.45, 7) is 2.27. The molecule has 0 spiro atoms. The van der Waals surface area contributed by atoms with Crippen molar-refractivity contribution in [3.63, 3.8) is 0 Å². The Hall–Kier alpha value is -1.39. The van der Waals surface area contributed by atoms with Gasteiger partial charge in [-0.25, -0.2) is 4.79 Å². The van der Waals surface area contributed by atoms with Gasteiger partial charge in [0.1, 0.15) is 12.9 Å². The van der Waals surface area contributed by atoms with Crippen LogP contribution in [0.4, 0.5) is 4.79 Å². The number of ether oxygens (including phenoxy) is 1. The number of halogens is 1. The Morgan fingerprint density at radius 3 is 2.42 bits per heavy atom. The lowest BCUT2D eigenvalue weighted by Crippen LogP contribution is -2.28. The van der Waals surface area contributed by atoms with Crippen molar-refractivity contribution in [2.45, 2.75) is 19.4 Å². The van der Waals surface area contributed by atoms with Gasteiger partial charge >= 0.3 is 5.43 Å². The number of carbonyl (C=O) groups is 2. The van der Waals surface area contributed by atoms with Crippen molar-refractivity contribution < 1.29 is 14.3 Å². The second-order valence-electron chi connectivity index (χ2n) is 4.24. The molecule has 1 fully saturated rings. The number of hydrogen-bond donors (Lipinski definition) is 1. The van der Waals surface area contributed by atoms with Crippen LogP contribution in [0, 0.1) is 5.92 Å². The number of aldehydes is 1. The molecule has 1 aliphatic heterocycles. The summed E-state index contributed by atoms with van der Waals surface area (Å²) < 4.78 is 4.55. The fraction of sp³-hybridized carbons (Fsp3) is 0.429. The van der Waals surface area contributed by atoms with E-state index < -0.39 is 5.43 Å². The van der Waals surface area contributed by atoms with Gasteiger partial charge in [0.2, 0.25) is 0 Å². The third-order valence-electron chi connectivity index (χ3n) is 2.77. The Kier molecular flexibility index (Phi) is 7.86. The summed E-state index contributed by atoms with van der Waals surface area (Å²) in [6, 6.07) is 9.36. The molecule has 1 aromatic carbocycles. The van der Waals surface area contributed by atoms with Crippen molar-refractivity contribution in [2.75, 3.05) is 13.1 Å². The Bertz CT molecular complexity index is 378. The molecule has 0 bridgehead atoms. The van der Waals surface area contributed by atoms with E-state index in [0.29, 0.717) is 5.92 Å².